The van der Waals surface area contributed by atoms with E-state index in [0.717, 1.165) is 11.1 Å². The van der Waals surface area contributed by atoms with E-state index in [2.05, 4.69) is 10.6 Å². The number of nitrogens with one attached hydrogen (secondary N) is 2. The van der Waals surface area contributed by atoms with Crippen molar-refractivity contribution in [3.8, 4) is 17.6 Å². The molecule has 0 fully saturated rings. The zero-order chi connectivity index (χ0) is 24.5. The summed E-state index contributed by atoms with van der Waals surface area (Å²) < 4.78 is 10.6. The van der Waals surface area contributed by atoms with Crippen molar-refractivity contribution in [2.24, 2.45) is 0 Å². The van der Waals surface area contributed by atoms with Gasteiger partial charge in [0.05, 0.1) is 7.11 Å². The summed E-state index contributed by atoms with van der Waals surface area (Å²) >= 11 is 0. The van der Waals surface area contributed by atoms with Gasteiger partial charge in [0.15, 0.2) is 6.61 Å². The largest absolute Gasteiger partial charge is 0.497 e. The van der Waals surface area contributed by atoms with E-state index in [-0.39, 0.29) is 18.1 Å². The molecule has 0 aliphatic rings. The van der Waals surface area contributed by atoms with Crippen LogP contribution in [0.15, 0.2) is 72.3 Å². The molecule has 2 amide bonds. The fourth-order valence-corrected chi connectivity index (χ4v) is 3.01. The molecule has 0 bridgehead atoms. The molecule has 0 unspecified atom stereocenters. The van der Waals surface area contributed by atoms with Crippen molar-refractivity contribution in [1.82, 2.24) is 0 Å². The smallest absolute Gasteiger partial charge is 0.266 e. The third-order valence-corrected chi connectivity index (χ3v) is 5.06. The third-order valence-electron chi connectivity index (χ3n) is 5.06. The first-order valence-electron chi connectivity index (χ1n) is 10.5. The average molecular weight is 456 g/mol. The third kappa shape index (κ3) is 6.71. The van der Waals surface area contributed by atoms with Gasteiger partial charge in [0.25, 0.3) is 11.8 Å². The summed E-state index contributed by atoms with van der Waals surface area (Å²) in [6.45, 7) is 3.85. The van der Waals surface area contributed by atoms with Gasteiger partial charge in [0, 0.05) is 11.4 Å². The molecule has 0 aliphatic carbocycles. The summed E-state index contributed by atoms with van der Waals surface area (Å²) in [6.07, 6.45) is 1.48. The molecule has 2 N–H and O–H groups in total. The number of benzene rings is 3. The second-order valence-corrected chi connectivity index (χ2v) is 7.56. The number of anilines is 2. The SMILES string of the molecule is COc1ccc(NC(=O)/C(C#N)=C\c2ccc(OCC(=O)Nc3ccc(C)c(C)c3)cc2)cc1. The lowest BCUT2D eigenvalue weighted by atomic mass is 10.1. The summed E-state index contributed by atoms with van der Waals surface area (Å²) in [7, 11) is 1.56. The number of nitrogens with zero attached hydrogens (tertiary/aromatic N) is 1. The van der Waals surface area contributed by atoms with Crippen LogP contribution in [-0.2, 0) is 9.59 Å². The second kappa shape index (κ2) is 11.3. The van der Waals surface area contributed by atoms with Crippen LogP contribution >= 0.6 is 0 Å². The quantitative estimate of drug-likeness (QED) is 0.373. The van der Waals surface area contributed by atoms with Gasteiger partial charge >= 0.3 is 0 Å². The normalized spacial score (nSPS) is 10.7. The summed E-state index contributed by atoms with van der Waals surface area (Å²) in [5.74, 6) is 0.373. The Morgan fingerprint density at radius 3 is 2.15 bits per heavy atom. The number of hydrogen-bond donors (Lipinski definition) is 2. The molecule has 34 heavy (non-hydrogen) atoms. The Labute approximate surface area is 198 Å². The highest BCUT2D eigenvalue weighted by atomic mass is 16.5. The molecule has 0 saturated carbocycles. The van der Waals surface area contributed by atoms with E-state index in [9.17, 15) is 14.9 Å². The number of methoxy groups -OCH3 is 1. The van der Waals surface area contributed by atoms with Crippen molar-refractivity contribution >= 4 is 29.3 Å². The maximum absolute atomic E-state index is 12.4. The molecule has 7 nitrogen and oxygen atoms in total. The molecule has 0 spiro atoms. The highest BCUT2D eigenvalue weighted by molar-refractivity contribution is 6.09. The van der Waals surface area contributed by atoms with Crippen molar-refractivity contribution in [2.75, 3.05) is 24.4 Å². The Morgan fingerprint density at radius 2 is 1.53 bits per heavy atom. The van der Waals surface area contributed by atoms with Gasteiger partial charge in [-0.25, -0.2) is 0 Å². The molecule has 0 saturated heterocycles. The molecule has 3 aromatic rings. The zero-order valence-corrected chi connectivity index (χ0v) is 19.2. The van der Waals surface area contributed by atoms with E-state index < -0.39 is 5.91 Å². The molecular formula is C27H25N3O4. The number of carbonyl (C=O) groups excluding carboxylic acids is 2. The van der Waals surface area contributed by atoms with Gasteiger partial charge in [-0.2, -0.15) is 5.26 Å². The van der Waals surface area contributed by atoms with Crippen LogP contribution in [0, 0.1) is 25.2 Å². The van der Waals surface area contributed by atoms with Gasteiger partial charge in [0.2, 0.25) is 0 Å². The summed E-state index contributed by atoms with van der Waals surface area (Å²) in [5.41, 5.74) is 4.12. The van der Waals surface area contributed by atoms with Crippen molar-refractivity contribution < 1.29 is 19.1 Å². The van der Waals surface area contributed by atoms with Crippen LogP contribution in [-0.4, -0.2) is 25.5 Å². The molecule has 172 valence electrons. The lowest BCUT2D eigenvalue weighted by molar-refractivity contribution is -0.118. The van der Waals surface area contributed by atoms with E-state index in [4.69, 9.17) is 9.47 Å². The number of aryl methyl sites for hydroxylation is 2. The molecule has 3 rings (SSSR count). The van der Waals surface area contributed by atoms with Crippen molar-refractivity contribution in [3.63, 3.8) is 0 Å². The number of ether oxygens (including phenoxy) is 2. The average Bonchev–Trinajstić information content (AvgIpc) is 2.84. The van der Waals surface area contributed by atoms with Crippen LogP contribution in [0.3, 0.4) is 0 Å². The van der Waals surface area contributed by atoms with Gasteiger partial charge in [0.1, 0.15) is 23.1 Å². The Balaban J connectivity index is 1.56. The molecule has 7 heteroatoms. The van der Waals surface area contributed by atoms with E-state index in [1.807, 2.05) is 38.1 Å². The van der Waals surface area contributed by atoms with E-state index in [1.54, 1.807) is 55.6 Å². The minimum absolute atomic E-state index is 0.0442. The Morgan fingerprint density at radius 1 is 0.882 bits per heavy atom. The first-order valence-corrected chi connectivity index (χ1v) is 10.5. The topological polar surface area (TPSA) is 100 Å². The molecular weight excluding hydrogens is 430 g/mol. The summed E-state index contributed by atoms with van der Waals surface area (Å²) in [6, 6.07) is 21.2. The van der Waals surface area contributed by atoms with E-state index in [1.165, 1.54) is 6.08 Å². The van der Waals surface area contributed by atoms with Crippen LogP contribution in [0.5, 0.6) is 11.5 Å². The lowest BCUT2D eigenvalue weighted by Crippen LogP contribution is -2.20. The van der Waals surface area contributed by atoms with Gasteiger partial charge in [-0.3, -0.25) is 9.59 Å². The minimum atomic E-state index is -0.518. The van der Waals surface area contributed by atoms with Crippen LogP contribution in [0.2, 0.25) is 0 Å². The molecule has 0 aliphatic heterocycles. The standard InChI is InChI=1S/C27H25N3O4/c1-18-4-7-23(14-19(18)2)29-26(31)17-34-25-10-5-20(6-11-25)15-21(16-28)27(32)30-22-8-12-24(33-3)13-9-22/h4-15H,17H2,1-3H3,(H,29,31)(H,30,32)/b21-15-. The summed E-state index contributed by atoms with van der Waals surface area (Å²) in [5, 5.41) is 14.9. The molecule has 0 atom stereocenters. The van der Waals surface area contributed by atoms with Crippen molar-refractivity contribution in [2.45, 2.75) is 13.8 Å². The zero-order valence-electron chi connectivity index (χ0n) is 19.2. The fourth-order valence-electron chi connectivity index (χ4n) is 3.01. The predicted octanol–water partition coefficient (Wildman–Crippen LogP) is 4.88. The van der Waals surface area contributed by atoms with Crippen LogP contribution in [0.4, 0.5) is 11.4 Å². The minimum Gasteiger partial charge on any atom is -0.497 e. The van der Waals surface area contributed by atoms with Crippen LogP contribution in [0.25, 0.3) is 6.08 Å². The number of carbonyl (C=O) groups is 2. The number of hydrogen-bond acceptors (Lipinski definition) is 5. The maximum Gasteiger partial charge on any atom is 0.266 e. The second-order valence-electron chi connectivity index (χ2n) is 7.56. The molecule has 0 heterocycles. The fraction of sp³-hybridized carbons (Fsp3) is 0.148. The number of rotatable bonds is 8. The lowest BCUT2D eigenvalue weighted by Gasteiger charge is -2.09. The van der Waals surface area contributed by atoms with Crippen molar-refractivity contribution in [3.05, 3.63) is 89.0 Å². The highest BCUT2D eigenvalue weighted by Gasteiger charge is 2.10. The molecule has 0 radical (unpaired) electrons. The predicted molar refractivity (Wildman–Crippen MR) is 132 cm³/mol. The molecule has 3 aromatic carbocycles. The summed E-state index contributed by atoms with van der Waals surface area (Å²) in [4.78, 5) is 24.6. The van der Waals surface area contributed by atoms with E-state index in [0.29, 0.717) is 28.4 Å². The van der Waals surface area contributed by atoms with Gasteiger partial charge < -0.3 is 20.1 Å². The van der Waals surface area contributed by atoms with Gasteiger partial charge in [-0.05, 0) is 85.1 Å². The first-order chi connectivity index (χ1) is 16.4. The first kappa shape index (κ1) is 24.1. The maximum atomic E-state index is 12.4. The highest BCUT2D eigenvalue weighted by Crippen LogP contribution is 2.18. The van der Waals surface area contributed by atoms with Crippen LogP contribution < -0.4 is 20.1 Å². The van der Waals surface area contributed by atoms with Gasteiger partial charge in [-0.15, -0.1) is 0 Å². The van der Waals surface area contributed by atoms with Gasteiger partial charge in [-0.1, -0.05) is 18.2 Å². The molecule has 0 aromatic heterocycles. The van der Waals surface area contributed by atoms with Crippen LogP contribution in [0.1, 0.15) is 16.7 Å². The number of nitriles is 1. The monoisotopic (exact) mass is 455 g/mol. The van der Waals surface area contributed by atoms with Crippen molar-refractivity contribution in [1.29, 1.82) is 5.26 Å². The number of amides is 2. The Hall–Kier alpha value is -4.57. The Bertz CT molecular complexity index is 1240. The van der Waals surface area contributed by atoms with E-state index >= 15 is 0 Å². The Kier molecular flexibility index (Phi) is 8.03.